The van der Waals surface area contributed by atoms with E-state index in [4.69, 9.17) is 0 Å². The van der Waals surface area contributed by atoms with Crippen LogP contribution in [0.4, 0.5) is 5.82 Å². The number of carbonyl (C=O) groups is 3. The highest BCUT2D eigenvalue weighted by Crippen LogP contribution is 2.48. The van der Waals surface area contributed by atoms with E-state index in [2.05, 4.69) is 9.88 Å². The summed E-state index contributed by atoms with van der Waals surface area (Å²) in [5.74, 6) is 1.45. The Morgan fingerprint density at radius 2 is 1.71 bits per heavy atom. The van der Waals surface area contributed by atoms with Gasteiger partial charge in [0.2, 0.25) is 11.8 Å². The Morgan fingerprint density at radius 1 is 0.914 bits per heavy atom. The van der Waals surface area contributed by atoms with Crippen molar-refractivity contribution in [2.45, 2.75) is 24.3 Å². The predicted molar refractivity (Wildman–Crippen MR) is 134 cm³/mol. The Bertz CT molecular complexity index is 1140. The highest BCUT2D eigenvalue weighted by molar-refractivity contribution is 7.99. The lowest BCUT2D eigenvalue weighted by Gasteiger charge is -2.40. The van der Waals surface area contributed by atoms with Gasteiger partial charge in [-0.05, 0) is 36.6 Å². The number of aromatic nitrogens is 1. The zero-order chi connectivity index (χ0) is 23.9. The molecule has 0 aliphatic carbocycles. The van der Waals surface area contributed by atoms with E-state index in [0.717, 1.165) is 37.3 Å². The van der Waals surface area contributed by atoms with E-state index in [1.165, 1.54) is 0 Å². The third-order valence-corrected chi connectivity index (χ3v) is 8.93. The number of pyridine rings is 1. The number of amides is 3. The maximum atomic E-state index is 13.6. The highest BCUT2D eigenvalue weighted by Gasteiger charge is 2.49. The number of piperidine rings is 1. The minimum absolute atomic E-state index is 0.0152. The van der Waals surface area contributed by atoms with Crippen LogP contribution in [0.3, 0.4) is 0 Å². The van der Waals surface area contributed by atoms with Crippen LogP contribution < -0.4 is 4.90 Å². The molecule has 0 bridgehead atoms. The lowest BCUT2D eigenvalue weighted by atomic mass is 9.95. The van der Waals surface area contributed by atoms with E-state index >= 15 is 0 Å². The van der Waals surface area contributed by atoms with Crippen molar-refractivity contribution in [3.05, 3.63) is 59.8 Å². The van der Waals surface area contributed by atoms with E-state index in [0.29, 0.717) is 37.5 Å². The van der Waals surface area contributed by atoms with Gasteiger partial charge >= 0.3 is 0 Å². The fraction of sp³-hybridized carbons (Fsp3) is 0.462. The molecule has 1 aromatic heterocycles. The first-order chi connectivity index (χ1) is 17.1. The van der Waals surface area contributed by atoms with Crippen molar-refractivity contribution in [1.29, 1.82) is 0 Å². The topological polar surface area (TPSA) is 77.1 Å². The summed E-state index contributed by atoms with van der Waals surface area (Å²) in [5.41, 5.74) is 1.72. The number of carbonyl (C=O) groups excluding carboxylic acids is 3. The summed E-state index contributed by atoms with van der Waals surface area (Å²) < 4.78 is 0. The van der Waals surface area contributed by atoms with Crippen molar-refractivity contribution in [1.82, 2.24) is 19.7 Å². The van der Waals surface area contributed by atoms with Crippen LogP contribution in [-0.2, 0) is 9.59 Å². The summed E-state index contributed by atoms with van der Waals surface area (Å²) >= 11 is 1.66. The predicted octanol–water partition coefficient (Wildman–Crippen LogP) is 2.24. The first-order valence-corrected chi connectivity index (χ1v) is 13.4. The van der Waals surface area contributed by atoms with Crippen molar-refractivity contribution in [3.8, 4) is 0 Å². The molecule has 0 spiro atoms. The summed E-state index contributed by atoms with van der Waals surface area (Å²) in [6.07, 6.45) is 3.41. The van der Waals surface area contributed by atoms with E-state index in [9.17, 15) is 14.4 Å². The Hall–Kier alpha value is -3.07. The van der Waals surface area contributed by atoms with Gasteiger partial charge < -0.3 is 19.6 Å². The SMILES string of the molecule is O=C([C@@H]1CCCN(C(=O)[C@@H]2CS[C@H]3c4ccccc4C(=O)N23)C1)N1CCN(c2ccccn2)CC1. The average Bonchev–Trinajstić information content (AvgIpc) is 3.48. The molecule has 1 aromatic carbocycles. The van der Waals surface area contributed by atoms with Gasteiger partial charge in [0.25, 0.3) is 5.91 Å². The molecule has 0 saturated carbocycles. The zero-order valence-electron chi connectivity index (χ0n) is 19.6. The maximum absolute atomic E-state index is 13.6. The molecular formula is C26H29N5O3S. The second-order valence-corrected chi connectivity index (χ2v) is 10.7. The van der Waals surface area contributed by atoms with Crippen molar-refractivity contribution in [2.75, 3.05) is 49.9 Å². The molecule has 4 aliphatic heterocycles. The number of hydrogen-bond acceptors (Lipinski definition) is 6. The van der Waals surface area contributed by atoms with Crippen LogP contribution in [0.25, 0.3) is 0 Å². The standard InChI is InChI=1S/C26H29N5O3S/c32-23(29-14-12-28(13-15-29)22-9-3-4-10-27-22)18-6-5-11-30(16-18)25(34)21-17-35-26-20-8-2-1-7-19(20)24(33)31(21)26/h1-4,7-10,18,21,26H,5-6,11-17H2/t18-,21+,26+/m1/s1. The molecule has 0 radical (unpaired) electrons. The number of likely N-dealkylation sites (tertiary alicyclic amines) is 1. The van der Waals surface area contributed by atoms with Gasteiger partial charge in [0, 0.05) is 56.8 Å². The zero-order valence-corrected chi connectivity index (χ0v) is 20.4. The summed E-state index contributed by atoms with van der Waals surface area (Å²) in [6, 6.07) is 13.1. The lowest BCUT2D eigenvalue weighted by molar-refractivity contribution is -0.142. The van der Waals surface area contributed by atoms with Crippen LogP contribution in [0.2, 0.25) is 0 Å². The van der Waals surface area contributed by atoms with E-state index < -0.39 is 6.04 Å². The minimum atomic E-state index is -0.458. The van der Waals surface area contributed by atoms with Crippen molar-refractivity contribution in [2.24, 2.45) is 5.92 Å². The Balaban J connectivity index is 1.08. The third-order valence-electron chi connectivity index (χ3n) is 7.62. The Kier molecular flexibility index (Phi) is 5.88. The average molecular weight is 492 g/mol. The van der Waals surface area contributed by atoms with Gasteiger partial charge in [0.15, 0.2) is 0 Å². The van der Waals surface area contributed by atoms with Crippen molar-refractivity contribution >= 4 is 35.3 Å². The number of nitrogens with zero attached hydrogens (tertiary/aromatic N) is 5. The number of hydrogen-bond donors (Lipinski definition) is 0. The summed E-state index contributed by atoms with van der Waals surface area (Å²) in [7, 11) is 0. The lowest BCUT2D eigenvalue weighted by Crippen LogP contribution is -2.55. The molecule has 35 heavy (non-hydrogen) atoms. The molecule has 4 aliphatic rings. The summed E-state index contributed by atoms with van der Waals surface area (Å²) in [6.45, 7) is 3.95. The number of anilines is 1. The Morgan fingerprint density at radius 3 is 2.51 bits per heavy atom. The normalized spacial score (nSPS) is 26.1. The molecule has 3 saturated heterocycles. The second-order valence-electron chi connectivity index (χ2n) is 9.62. The quantitative estimate of drug-likeness (QED) is 0.656. The first kappa shape index (κ1) is 22.4. The summed E-state index contributed by atoms with van der Waals surface area (Å²) in [5, 5.41) is -0.0785. The van der Waals surface area contributed by atoms with Crippen LogP contribution in [-0.4, -0.2) is 88.5 Å². The smallest absolute Gasteiger partial charge is 0.256 e. The van der Waals surface area contributed by atoms with Gasteiger partial charge in [-0.3, -0.25) is 14.4 Å². The number of benzene rings is 1. The molecule has 3 amide bonds. The highest BCUT2D eigenvalue weighted by atomic mass is 32.2. The maximum Gasteiger partial charge on any atom is 0.256 e. The van der Waals surface area contributed by atoms with Crippen molar-refractivity contribution in [3.63, 3.8) is 0 Å². The monoisotopic (exact) mass is 491 g/mol. The van der Waals surface area contributed by atoms with E-state index in [1.807, 2.05) is 52.3 Å². The minimum Gasteiger partial charge on any atom is -0.353 e. The molecule has 3 atom stereocenters. The molecule has 9 heteroatoms. The molecule has 8 nitrogen and oxygen atoms in total. The van der Waals surface area contributed by atoms with Gasteiger partial charge in [-0.1, -0.05) is 24.3 Å². The second kappa shape index (κ2) is 9.18. The molecule has 182 valence electrons. The van der Waals surface area contributed by atoms with Crippen LogP contribution in [0.1, 0.15) is 34.1 Å². The number of thioether (sulfide) groups is 1. The summed E-state index contributed by atoms with van der Waals surface area (Å²) in [4.78, 5) is 52.1. The molecule has 0 N–H and O–H groups in total. The fourth-order valence-electron chi connectivity index (χ4n) is 5.78. The Labute approximate surface area is 209 Å². The van der Waals surface area contributed by atoms with Crippen LogP contribution in [0.5, 0.6) is 0 Å². The van der Waals surface area contributed by atoms with Crippen LogP contribution >= 0.6 is 11.8 Å². The number of fused-ring (bicyclic) bond motifs is 3. The molecule has 5 heterocycles. The molecule has 0 unspecified atom stereocenters. The number of piperazine rings is 1. The van der Waals surface area contributed by atoms with Gasteiger partial charge in [0.05, 0.1) is 5.92 Å². The molecule has 3 fully saturated rings. The van der Waals surface area contributed by atoms with Gasteiger partial charge in [0.1, 0.15) is 17.2 Å². The van der Waals surface area contributed by atoms with Crippen LogP contribution in [0, 0.1) is 5.92 Å². The van der Waals surface area contributed by atoms with Gasteiger partial charge in [-0.2, -0.15) is 0 Å². The first-order valence-electron chi connectivity index (χ1n) is 12.4. The van der Waals surface area contributed by atoms with E-state index in [1.54, 1.807) is 22.9 Å². The van der Waals surface area contributed by atoms with Crippen LogP contribution in [0.15, 0.2) is 48.7 Å². The largest absolute Gasteiger partial charge is 0.353 e. The number of rotatable bonds is 3. The molecule has 2 aromatic rings. The third kappa shape index (κ3) is 3.95. The van der Waals surface area contributed by atoms with Crippen molar-refractivity contribution < 1.29 is 14.4 Å². The molecule has 6 rings (SSSR count). The van der Waals surface area contributed by atoms with Gasteiger partial charge in [-0.15, -0.1) is 11.8 Å². The van der Waals surface area contributed by atoms with Gasteiger partial charge in [-0.25, -0.2) is 4.98 Å². The molecular weight excluding hydrogens is 462 g/mol. The van der Waals surface area contributed by atoms with E-state index in [-0.39, 0.29) is 29.0 Å². The fourth-order valence-corrected chi connectivity index (χ4v) is 7.23.